The van der Waals surface area contributed by atoms with Crippen molar-refractivity contribution in [1.82, 2.24) is 0 Å². The molecule has 1 unspecified atom stereocenters. The fourth-order valence-electron chi connectivity index (χ4n) is 5.50. The molecule has 4 heteroatoms. The maximum Gasteiger partial charge on any atom is 0.312 e. The van der Waals surface area contributed by atoms with Crippen LogP contribution < -0.4 is 0 Å². The van der Waals surface area contributed by atoms with Gasteiger partial charge in [-0.3, -0.25) is 9.59 Å². The Morgan fingerprint density at radius 3 is 2.83 bits per heavy atom. The molecule has 0 N–H and O–H groups in total. The summed E-state index contributed by atoms with van der Waals surface area (Å²) in [5, 5.41) is 0. The van der Waals surface area contributed by atoms with E-state index < -0.39 is 10.8 Å². The number of carbonyl (C=O) groups is 3. The van der Waals surface area contributed by atoms with Crippen molar-refractivity contribution in [2.24, 2.45) is 28.6 Å². The molecule has 3 saturated carbocycles. The number of carbonyl (C=O) groups excluding carboxylic acids is 3. The van der Waals surface area contributed by atoms with E-state index in [1.807, 2.05) is 6.92 Å². The summed E-state index contributed by atoms with van der Waals surface area (Å²) in [6, 6.07) is 0. The molecule has 4 fully saturated rings. The van der Waals surface area contributed by atoms with Crippen LogP contribution in [-0.4, -0.2) is 24.1 Å². The van der Waals surface area contributed by atoms with Crippen molar-refractivity contribution in [3.05, 3.63) is 0 Å². The molecule has 4 rings (SSSR count). The molecule has 0 amide bonds. The second-order valence-electron chi connectivity index (χ2n) is 6.58. The van der Waals surface area contributed by atoms with Gasteiger partial charge < -0.3 is 9.53 Å². The first-order valence-corrected chi connectivity index (χ1v) is 6.75. The molecule has 0 aromatic carbocycles. The number of rotatable bonds is 1. The smallest absolute Gasteiger partial charge is 0.312 e. The average molecular weight is 248 g/mol. The van der Waals surface area contributed by atoms with Crippen molar-refractivity contribution in [3.8, 4) is 0 Å². The van der Waals surface area contributed by atoms with Gasteiger partial charge in [0.2, 0.25) is 0 Å². The van der Waals surface area contributed by atoms with Crippen LogP contribution in [-0.2, 0) is 19.1 Å². The normalized spacial score (nSPS) is 56.5. The number of hydrogen-bond donors (Lipinski definition) is 0. The molecular weight excluding hydrogens is 232 g/mol. The van der Waals surface area contributed by atoms with Crippen molar-refractivity contribution in [1.29, 1.82) is 0 Å². The molecule has 4 nitrogen and oxygen atoms in total. The molecular formula is C14H16O4. The fraction of sp³-hybridized carbons (Fsp3) is 0.786. The standard InChI is InChI=1S/C14H16O4/c1-13-8-5-14(7(6-15)2-3-10(13)14)11(16)4-9(8)18-12(13)17/h6-10H,2-5H2,1H3/t7-,8-,9+,10?,13-,14+/m1/s1. The van der Waals surface area contributed by atoms with Crippen LogP contribution in [0, 0.1) is 28.6 Å². The van der Waals surface area contributed by atoms with Crippen molar-refractivity contribution in [2.45, 2.75) is 38.7 Å². The van der Waals surface area contributed by atoms with E-state index in [2.05, 4.69) is 0 Å². The number of Topliss-reactive ketones (excluding diaryl/α,β-unsaturated/α-hetero) is 1. The molecule has 1 heterocycles. The van der Waals surface area contributed by atoms with Gasteiger partial charge in [-0.05, 0) is 32.1 Å². The lowest BCUT2D eigenvalue weighted by Gasteiger charge is -2.38. The Morgan fingerprint density at radius 1 is 1.33 bits per heavy atom. The van der Waals surface area contributed by atoms with Crippen molar-refractivity contribution in [3.63, 3.8) is 0 Å². The van der Waals surface area contributed by atoms with Crippen molar-refractivity contribution < 1.29 is 19.1 Å². The van der Waals surface area contributed by atoms with Gasteiger partial charge >= 0.3 is 5.97 Å². The number of hydrogen-bond acceptors (Lipinski definition) is 4. The minimum Gasteiger partial charge on any atom is -0.461 e. The quantitative estimate of drug-likeness (QED) is 0.515. The second-order valence-corrected chi connectivity index (χ2v) is 6.58. The molecule has 1 saturated heterocycles. The summed E-state index contributed by atoms with van der Waals surface area (Å²) in [5.41, 5.74) is -1.05. The third-order valence-corrected chi connectivity index (χ3v) is 6.32. The van der Waals surface area contributed by atoms with E-state index in [1.54, 1.807) is 0 Å². The van der Waals surface area contributed by atoms with Gasteiger partial charge in [0.1, 0.15) is 18.2 Å². The van der Waals surface area contributed by atoms with Crippen LogP contribution in [0.25, 0.3) is 0 Å². The summed E-state index contributed by atoms with van der Waals surface area (Å²) in [6.45, 7) is 1.96. The van der Waals surface area contributed by atoms with Crippen LogP contribution in [0.1, 0.15) is 32.6 Å². The summed E-state index contributed by atoms with van der Waals surface area (Å²) in [6.07, 6.45) is 3.30. The Balaban J connectivity index is 1.93. The maximum absolute atomic E-state index is 12.5. The van der Waals surface area contributed by atoms with E-state index in [-0.39, 0.29) is 35.6 Å². The minimum atomic E-state index is -0.531. The molecule has 96 valence electrons. The third kappa shape index (κ3) is 0.817. The van der Waals surface area contributed by atoms with E-state index in [4.69, 9.17) is 4.74 Å². The Hall–Kier alpha value is -1.19. The van der Waals surface area contributed by atoms with Crippen molar-refractivity contribution >= 4 is 18.0 Å². The Labute approximate surface area is 105 Å². The fourth-order valence-corrected chi connectivity index (χ4v) is 5.50. The van der Waals surface area contributed by atoms with Gasteiger partial charge in [-0.25, -0.2) is 0 Å². The second kappa shape index (κ2) is 2.86. The summed E-state index contributed by atoms with van der Waals surface area (Å²) >= 11 is 0. The monoisotopic (exact) mass is 248 g/mol. The number of fused-ring (bicyclic) bond motifs is 1. The first-order chi connectivity index (χ1) is 8.55. The SMILES string of the molecule is C[C@@]12C(=O)O[C@H]3CC(=O)[C@]4(C[C@H]31)C2CC[C@@H]4C=O. The van der Waals surface area contributed by atoms with E-state index in [9.17, 15) is 14.4 Å². The Bertz CT molecular complexity index is 484. The molecule has 1 spiro atoms. The van der Waals surface area contributed by atoms with Crippen LogP contribution >= 0.6 is 0 Å². The Morgan fingerprint density at radius 2 is 2.11 bits per heavy atom. The predicted molar refractivity (Wildman–Crippen MR) is 60.4 cm³/mol. The highest BCUT2D eigenvalue weighted by molar-refractivity contribution is 5.95. The average Bonchev–Trinajstić information content (AvgIpc) is 2.88. The van der Waals surface area contributed by atoms with Crippen molar-refractivity contribution in [2.75, 3.05) is 0 Å². The highest BCUT2D eigenvalue weighted by Crippen LogP contribution is 2.72. The van der Waals surface area contributed by atoms with Gasteiger partial charge in [0.05, 0.1) is 5.41 Å². The van der Waals surface area contributed by atoms with E-state index in [0.29, 0.717) is 12.8 Å². The molecule has 6 atom stereocenters. The first kappa shape index (κ1) is 10.7. The van der Waals surface area contributed by atoms with Crippen LogP contribution in [0.2, 0.25) is 0 Å². The molecule has 0 aromatic rings. The molecule has 4 aliphatic rings. The number of ether oxygens (including phenoxy) is 1. The lowest BCUT2D eigenvalue weighted by molar-refractivity contribution is -0.159. The topological polar surface area (TPSA) is 60.4 Å². The first-order valence-electron chi connectivity index (χ1n) is 6.75. The zero-order valence-corrected chi connectivity index (χ0v) is 10.3. The van der Waals surface area contributed by atoms with Crippen LogP contribution in [0.4, 0.5) is 0 Å². The third-order valence-electron chi connectivity index (χ3n) is 6.32. The van der Waals surface area contributed by atoms with E-state index in [1.165, 1.54) is 0 Å². The van der Waals surface area contributed by atoms with Gasteiger partial charge in [0.25, 0.3) is 0 Å². The van der Waals surface area contributed by atoms with Crippen LogP contribution in [0.3, 0.4) is 0 Å². The molecule has 0 aromatic heterocycles. The van der Waals surface area contributed by atoms with Crippen LogP contribution in [0.15, 0.2) is 0 Å². The lowest BCUT2D eigenvalue weighted by atomic mass is 9.65. The van der Waals surface area contributed by atoms with E-state index >= 15 is 0 Å². The zero-order chi connectivity index (χ0) is 12.7. The number of esters is 1. The summed E-state index contributed by atoms with van der Waals surface area (Å²) < 4.78 is 5.41. The van der Waals surface area contributed by atoms with Gasteiger partial charge in [0.15, 0.2) is 0 Å². The van der Waals surface area contributed by atoms with E-state index in [0.717, 1.165) is 19.1 Å². The Kier molecular flexibility index (Phi) is 1.70. The lowest BCUT2D eigenvalue weighted by Crippen LogP contribution is -2.45. The largest absolute Gasteiger partial charge is 0.461 e. The number of ketones is 1. The molecule has 18 heavy (non-hydrogen) atoms. The highest BCUT2D eigenvalue weighted by atomic mass is 16.6. The predicted octanol–water partition coefficient (Wildman–Crippen LogP) is 1.12. The van der Waals surface area contributed by atoms with Crippen LogP contribution in [0.5, 0.6) is 0 Å². The molecule has 2 bridgehead atoms. The van der Waals surface area contributed by atoms with Gasteiger partial charge in [0, 0.05) is 23.7 Å². The summed E-state index contributed by atoms with van der Waals surface area (Å²) in [5.74, 6) is 0.0299. The highest BCUT2D eigenvalue weighted by Gasteiger charge is 2.77. The minimum absolute atomic E-state index is 0.0256. The molecule has 3 aliphatic carbocycles. The summed E-state index contributed by atoms with van der Waals surface area (Å²) in [4.78, 5) is 36.0. The van der Waals surface area contributed by atoms with Gasteiger partial charge in [-0.15, -0.1) is 0 Å². The maximum atomic E-state index is 12.5. The van der Waals surface area contributed by atoms with Gasteiger partial charge in [-0.1, -0.05) is 0 Å². The van der Waals surface area contributed by atoms with Gasteiger partial charge in [-0.2, -0.15) is 0 Å². The summed E-state index contributed by atoms with van der Waals surface area (Å²) in [7, 11) is 0. The zero-order valence-electron chi connectivity index (χ0n) is 10.3. The molecule has 1 aliphatic heterocycles. The number of aldehydes is 1. The molecule has 0 radical (unpaired) electrons.